The van der Waals surface area contributed by atoms with Crippen molar-refractivity contribution in [3.8, 4) is 0 Å². The summed E-state index contributed by atoms with van der Waals surface area (Å²) in [5, 5.41) is 21.2. The van der Waals surface area contributed by atoms with Gasteiger partial charge in [-0.3, -0.25) is 24.0 Å². The summed E-state index contributed by atoms with van der Waals surface area (Å²) in [5.41, 5.74) is 3.76. The van der Waals surface area contributed by atoms with Crippen molar-refractivity contribution in [2.24, 2.45) is 16.6 Å². The first-order valence-corrected chi connectivity index (χ1v) is 17.4. The van der Waals surface area contributed by atoms with E-state index in [1.165, 1.54) is 60.8 Å². The fourth-order valence-corrected chi connectivity index (χ4v) is 7.05. The molecule has 16 heteroatoms. The first-order valence-electron chi connectivity index (χ1n) is 15.5. The van der Waals surface area contributed by atoms with Gasteiger partial charge in [-0.2, -0.15) is 0 Å². The van der Waals surface area contributed by atoms with E-state index in [1.807, 2.05) is 0 Å². The van der Waals surface area contributed by atoms with E-state index in [1.54, 1.807) is 0 Å². The van der Waals surface area contributed by atoms with Crippen LogP contribution < -0.4 is 11.1 Å². The molecule has 4 amide bonds. The lowest BCUT2D eigenvalue weighted by molar-refractivity contribution is -0.139. The molecule has 0 spiro atoms. The topological polar surface area (TPSA) is 224 Å². The van der Waals surface area contributed by atoms with Gasteiger partial charge in [-0.25, -0.2) is 18.1 Å². The molecule has 3 atom stereocenters. The maximum Gasteiger partial charge on any atom is 0.287 e. The normalized spacial score (nSPS) is 20.1. The summed E-state index contributed by atoms with van der Waals surface area (Å²) in [5.74, 6) is -4.62. The molecule has 15 nitrogen and oxygen atoms in total. The second-order valence-corrected chi connectivity index (χ2v) is 14.8. The van der Waals surface area contributed by atoms with Crippen molar-refractivity contribution in [3.05, 3.63) is 41.7 Å². The van der Waals surface area contributed by atoms with Crippen molar-refractivity contribution in [1.29, 1.82) is 0 Å². The number of hydrogen-bond acceptors (Lipinski definition) is 10. The lowest BCUT2D eigenvalue weighted by Gasteiger charge is -2.27. The average Bonchev–Trinajstić information content (AvgIpc) is 3.68. The fraction of sp³-hybridized carbons (Fsp3) is 0.548. The van der Waals surface area contributed by atoms with Crippen molar-refractivity contribution in [2.75, 3.05) is 12.8 Å². The Labute approximate surface area is 272 Å². The SMILES string of the molecule is CC(NC(=O)[C@@H]1C[C@H](n2nncc2C(C)(C)O)CN1C(=O)/C(CC1CCCCC1)=N/C(=O)c1ccccc1S(C)(=O)=O)C(=O)C(N)=O. The minimum atomic E-state index is -3.81. The quantitative estimate of drug-likeness (QED) is 0.226. The van der Waals surface area contributed by atoms with Gasteiger partial charge in [-0.1, -0.05) is 49.5 Å². The molecule has 0 bridgehead atoms. The smallest absolute Gasteiger partial charge is 0.287 e. The minimum Gasteiger partial charge on any atom is -0.384 e. The molecule has 2 aliphatic rings. The third-order valence-electron chi connectivity index (χ3n) is 8.59. The first kappa shape index (κ1) is 35.5. The zero-order valence-electron chi connectivity index (χ0n) is 26.9. The maximum atomic E-state index is 14.4. The number of benzene rings is 1. The average molecular weight is 672 g/mol. The van der Waals surface area contributed by atoms with Crippen molar-refractivity contribution < 1.29 is 37.5 Å². The molecule has 2 fully saturated rings. The van der Waals surface area contributed by atoms with E-state index >= 15 is 0 Å². The van der Waals surface area contributed by atoms with Gasteiger partial charge in [-0.05, 0) is 45.2 Å². The second-order valence-electron chi connectivity index (χ2n) is 12.8. The highest BCUT2D eigenvalue weighted by molar-refractivity contribution is 7.90. The lowest BCUT2D eigenvalue weighted by Crippen LogP contribution is -2.52. The molecule has 1 unspecified atom stereocenters. The van der Waals surface area contributed by atoms with Gasteiger partial charge in [0.05, 0.1) is 34.4 Å². The van der Waals surface area contributed by atoms with Crippen LogP contribution in [-0.2, 0) is 34.6 Å². The van der Waals surface area contributed by atoms with Crippen molar-refractivity contribution in [1.82, 2.24) is 25.2 Å². The Balaban J connectivity index is 1.76. The number of nitrogens with zero attached hydrogens (tertiary/aromatic N) is 5. The number of sulfone groups is 1. The molecule has 4 N–H and O–H groups in total. The highest BCUT2D eigenvalue weighted by Gasteiger charge is 2.44. The first-order chi connectivity index (χ1) is 22.0. The number of likely N-dealkylation sites (tertiary alicyclic amines) is 1. The number of rotatable bonds is 11. The Bertz CT molecular complexity index is 1690. The summed E-state index contributed by atoms with van der Waals surface area (Å²) in [4.78, 5) is 70.5. The summed E-state index contributed by atoms with van der Waals surface area (Å²) in [6.45, 7) is 4.27. The summed E-state index contributed by atoms with van der Waals surface area (Å²) >= 11 is 0. The molecule has 4 rings (SSSR count). The standard InChI is InChI=1S/C31H41N7O8S/c1-18(26(39)27(32)40)34-29(42)23-15-20(38-25(16-33-36-38)31(2,3)44)17-37(23)30(43)22(14-19-10-6-5-7-11-19)35-28(41)21-12-8-9-13-24(21)47(4,45)46/h8-9,12-13,16,18-20,23,44H,5-7,10-11,14-15,17H2,1-4H3,(H2,32,40)(H,34,42)/b35-22+/t18?,20-,23-/m0/s1. The van der Waals surface area contributed by atoms with E-state index in [0.717, 1.165) is 38.4 Å². The molecule has 2 aromatic rings. The zero-order valence-corrected chi connectivity index (χ0v) is 27.7. The van der Waals surface area contributed by atoms with Crippen LogP contribution >= 0.6 is 0 Å². The van der Waals surface area contributed by atoms with Gasteiger partial charge < -0.3 is 21.1 Å². The number of ketones is 1. The number of primary amides is 1. The Hall–Kier alpha value is -4.31. The van der Waals surface area contributed by atoms with Crippen LogP contribution in [0.4, 0.5) is 0 Å². The van der Waals surface area contributed by atoms with Crippen LogP contribution in [0.3, 0.4) is 0 Å². The Morgan fingerprint density at radius 2 is 1.79 bits per heavy atom. The molecular weight excluding hydrogens is 630 g/mol. The van der Waals surface area contributed by atoms with E-state index in [4.69, 9.17) is 5.73 Å². The third-order valence-corrected chi connectivity index (χ3v) is 9.75. The van der Waals surface area contributed by atoms with E-state index in [-0.39, 0.29) is 41.5 Å². The van der Waals surface area contributed by atoms with E-state index in [0.29, 0.717) is 5.69 Å². The Kier molecular flexibility index (Phi) is 10.7. The van der Waals surface area contributed by atoms with Gasteiger partial charge in [0.25, 0.3) is 17.7 Å². The third kappa shape index (κ3) is 8.35. The molecule has 0 radical (unpaired) electrons. The number of nitrogens with two attached hydrogens (primary N) is 1. The van der Waals surface area contributed by atoms with Crippen LogP contribution in [0, 0.1) is 5.92 Å². The van der Waals surface area contributed by atoms with Gasteiger partial charge >= 0.3 is 0 Å². The molecule has 1 aromatic carbocycles. The van der Waals surface area contributed by atoms with Gasteiger partial charge in [-0.15, -0.1) is 5.10 Å². The summed E-state index contributed by atoms with van der Waals surface area (Å²) in [6.07, 6.45) is 6.97. The number of carbonyl (C=O) groups excluding carboxylic acids is 5. The predicted molar refractivity (Wildman–Crippen MR) is 169 cm³/mol. The molecule has 254 valence electrons. The van der Waals surface area contributed by atoms with Crippen LogP contribution in [0.25, 0.3) is 0 Å². The molecule has 47 heavy (non-hydrogen) atoms. The lowest BCUT2D eigenvalue weighted by atomic mass is 9.85. The van der Waals surface area contributed by atoms with Crippen LogP contribution in [-0.4, -0.2) is 93.4 Å². The largest absolute Gasteiger partial charge is 0.384 e. The summed E-state index contributed by atoms with van der Waals surface area (Å²) in [7, 11) is -3.81. The van der Waals surface area contributed by atoms with Gasteiger partial charge in [0.2, 0.25) is 11.7 Å². The minimum absolute atomic E-state index is 0.0109. The van der Waals surface area contributed by atoms with Gasteiger partial charge in [0.15, 0.2) is 9.84 Å². The Morgan fingerprint density at radius 3 is 2.40 bits per heavy atom. The van der Waals surface area contributed by atoms with Crippen LogP contribution in [0.2, 0.25) is 0 Å². The number of aliphatic imine (C=N–C) groups is 1. The number of hydrogen-bond donors (Lipinski definition) is 3. The number of aromatic nitrogens is 3. The zero-order chi connectivity index (χ0) is 34.7. The highest BCUT2D eigenvalue weighted by Crippen LogP contribution is 2.33. The van der Waals surface area contributed by atoms with Gasteiger partial charge in [0, 0.05) is 19.2 Å². The second kappa shape index (κ2) is 14.2. The molecule has 1 aromatic heterocycles. The highest BCUT2D eigenvalue weighted by atomic mass is 32.2. The number of nitrogens with one attached hydrogen (secondary N) is 1. The van der Waals surface area contributed by atoms with E-state index in [9.17, 15) is 37.5 Å². The van der Waals surface area contributed by atoms with Gasteiger partial charge in [0.1, 0.15) is 17.4 Å². The number of carbonyl (C=O) groups is 5. The van der Waals surface area contributed by atoms with Crippen molar-refractivity contribution >= 4 is 45.0 Å². The van der Waals surface area contributed by atoms with E-state index in [2.05, 4.69) is 20.6 Å². The number of amides is 4. The van der Waals surface area contributed by atoms with Crippen LogP contribution in [0.5, 0.6) is 0 Å². The fourth-order valence-electron chi connectivity index (χ4n) is 6.16. The van der Waals surface area contributed by atoms with E-state index < -0.39 is 63.0 Å². The monoisotopic (exact) mass is 671 g/mol. The number of aliphatic hydroxyl groups is 1. The van der Waals surface area contributed by atoms with Crippen molar-refractivity contribution in [3.63, 3.8) is 0 Å². The number of Topliss-reactive ketones (excluding diaryl/α,β-unsaturated/α-hetero) is 1. The van der Waals surface area contributed by atoms with Crippen LogP contribution in [0.15, 0.2) is 40.4 Å². The molecule has 1 saturated heterocycles. The predicted octanol–water partition coefficient (Wildman–Crippen LogP) is 0.862. The molecule has 1 saturated carbocycles. The van der Waals surface area contributed by atoms with Crippen LogP contribution in [0.1, 0.15) is 87.8 Å². The Morgan fingerprint density at radius 1 is 1.13 bits per heavy atom. The van der Waals surface area contributed by atoms with Crippen molar-refractivity contribution in [2.45, 2.75) is 94.3 Å². The molecule has 1 aliphatic carbocycles. The molecular formula is C31H41N7O8S. The molecule has 2 heterocycles. The maximum absolute atomic E-state index is 14.4. The summed E-state index contributed by atoms with van der Waals surface area (Å²) in [6, 6.07) is 2.46. The molecule has 1 aliphatic heterocycles. The summed E-state index contributed by atoms with van der Waals surface area (Å²) < 4.78 is 26.3.